The Morgan fingerprint density at radius 3 is 2.65 bits per heavy atom. The Hall–Kier alpha value is -2.98. The maximum absolute atomic E-state index is 12.1. The number of fused-ring (bicyclic) bond motifs is 1. The lowest BCUT2D eigenvalue weighted by Crippen LogP contribution is -2.32. The molecule has 3 aromatic heterocycles. The zero-order valence-electron chi connectivity index (χ0n) is 17.7. The van der Waals surface area contributed by atoms with Crippen LogP contribution in [-0.4, -0.2) is 58.6 Å². The van der Waals surface area contributed by atoms with E-state index in [9.17, 15) is 13.2 Å². The average molecular weight is 443 g/mol. The maximum Gasteiger partial charge on any atom is 0.252 e. The molecule has 3 aromatic rings. The number of nitrogens with zero attached hydrogens (tertiary/aromatic N) is 4. The number of aryl methyl sites for hydroxylation is 1. The van der Waals surface area contributed by atoms with Gasteiger partial charge >= 0.3 is 0 Å². The Labute approximate surface area is 181 Å². The van der Waals surface area contributed by atoms with Gasteiger partial charge in [-0.25, -0.2) is 12.9 Å². The number of primary amides is 1. The van der Waals surface area contributed by atoms with Crippen LogP contribution >= 0.6 is 0 Å². The molecule has 31 heavy (non-hydrogen) atoms. The summed E-state index contributed by atoms with van der Waals surface area (Å²) in [5.41, 5.74) is 9.92. The van der Waals surface area contributed by atoms with Crippen molar-refractivity contribution in [3.8, 4) is 11.1 Å². The van der Waals surface area contributed by atoms with Crippen molar-refractivity contribution in [1.29, 1.82) is 0 Å². The Bertz CT molecular complexity index is 1240. The third-order valence-electron chi connectivity index (χ3n) is 5.88. The molecular formula is C21H26N6O3S. The van der Waals surface area contributed by atoms with Crippen molar-refractivity contribution in [2.24, 2.45) is 11.7 Å². The van der Waals surface area contributed by atoms with Crippen molar-refractivity contribution in [2.75, 3.05) is 24.7 Å². The number of carbonyl (C=O) groups excluding carboxylic acids is 1. The molecular weight excluding hydrogens is 416 g/mol. The van der Waals surface area contributed by atoms with E-state index in [0.717, 1.165) is 23.2 Å². The minimum atomic E-state index is -3.30. The van der Waals surface area contributed by atoms with Gasteiger partial charge in [0.05, 0.1) is 29.2 Å². The number of hydrogen-bond acceptors (Lipinski definition) is 6. The van der Waals surface area contributed by atoms with Crippen molar-refractivity contribution in [2.45, 2.75) is 26.3 Å². The number of pyridine rings is 1. The van der Waals surface area contributed by atoms with Gasteiger partial charge in [0, 0.05) is 48.3 Å². The van der Waals surface area contributed by atoms with E-state index in [1.165, 1.54) is 16.8 Å². The molecule has 10 heteroatoms. The minimum absolute atomic E-state index is 0.111. The molecule has 1 saturated heterocycles. The van der Waals surface area contributed by atoms with Crippen LogP contribution in [0.4, 0.5) is 5.69 Å². The first kappa shape index (κ1) is 21.3. The summed E-state index contributed by atoms with van der Waals surface area (Å²) in [5, 5.41) is 7.77. The van der Waals surface area contributed by atoms with Crippen LogP contribution in [-0.2, 0) is 10.0 Å². The normalized spacial score (nSPS) is 19.7. The summed E-state index contributed by atoms with van der Waals surface area (Å²) in [6.45, 7) is 4.73. The molecule has 2 atom stereocenters. The molecule has 1 aliphatic rings. The fourth-order valence-electron chi connectivity index (χ4n) is 4.06. The molecule has 1 fully saturated rings. The quantitative estimate of drug-likeness (QED) is 0.601. The molecule has 0 spiro atoms. The van der Waals surface area contributed by atoms with Gasteiger partial charge < -0.3 is 11.1 Å². The van der Waals surface area contributed by atoms with Crippen molar-refractivity contribution in [3.63, 3.8) is 0 Å². The van der Waals surface area contributed by atoms with E-state index in [-0.39, 0.29) is 17.5 Å². The highest BCUT2D eigenvalue weighted by atomic mass is 32.2. The summed E-state index contributed by atoms with van der Waals surface area (Å²) in [7, 11) is -3.30. The number of nitrogens with two attached hydrogens (primary N) is 1. The van der Waals surface area contributed by atoms with Crippen LogP contribution in [0.3, 0.4) is 0 Å². The molecule has 4 rings (SSSR count). The highest BCUT2D eigenvalue weighted by molar-refractivity contribution is 7.88. The SMILES string of the molecule is CC[C@@H]1CN(S(C)(=O)=O)C[C@H]1Nc1c(C(N)=O)cnn2cc(-c3ccc(C)nc3)cc12. The molecule has 0 unspecified atom stereocenters. The number of amides is 1. The highest BCUT2D eigenvalue weighted by Gasteiger charge is 2.36. The van der Waals surface area contributed by atoms with Gasteiger partial charge in [-0.2, -0.15) is 9.40 Å². The summed E-state index contributed by atoms with van der Waals surface area (Å²) in [5.74, 6) is -0.484. The summed E-state index contributed by atoms with van der Waals surface area (Å²) in [6, 6.07) is 5.69. The van der Waals surface area contributed by atoms with Gasteiger partial charge in [0.1, 0.15) is 0 Å². The fraction of sp³-hybridized carbons (Fsp3) is 0.381. The summed E-state index contributed by atoms with van der Waals surface area (Å²) in [4.78, 5) is 16.5. The number of anilines is 1. The predicted octanol–water partition coefficient (Wildman–Crippen LogP) is 1.89. The molecule has 1 amide bonds. The van der Waals surface area contributed by atoms with Crippen LogP contribution in [0.2, 0.25) is 0 Å². The van der Waals surface area contributed by atoms with Crippen LogP contribution in [0.15, 0.2) is 36.8 Å². The van der Waals surface area contributed by atoms with Gasteiger partial charge in [0.2, 0.25) is 10.0 Å². The van der Waals surface area contributed by atoms with Crippen molar-refractivity contribution in [3.05, 3.63) is 48.0 Å². The number of rotatable bonds is 6. The lowest BCUT2D eigenvalue weighted by atomic mass is 10.00. The van der Waals surface area contributed by atoms with Crippen LogP contribution in [0.5, 0.6) is 0 Å². The predicted molar refractivity (Wildman–Crippen MR) is 119 cm³/mol. The standard InChI is InChI=1S/C21H26N6O3S/c1-4-14-10-26(31(3,29)30)12-18(14)25-20-17(21(22)28)9-24-27-11-16(7-19(20)27)15-6-5-13(2)23-8-15/h5-9,11,14,18,25H,4,10,12H2,1-3H3,(H2,22,28)/t14-,18-/m1/s1. The van der Waals surface area contributed by atoms with E-state index in [1.807, 2.05) is 38.2 Å². The summed E-state index contributed by atoms with van der Waals surface area (Å²) >= 11 is 0. The third-order valence-corrected chi connectivity index (χ3v) is 7.11. The first-order valence-corrected chi connectivity index (χ1v) is 12.0. The molecule has 0 aliphatic carbocycles. The third kappa shape index (κ3) is 4.13. The molecule has 0 radical (unpaired) electrons. The largest absolute Gasteiger partial charge is 0.378 e. The highest BCUT2D eigenvalue weighted by Crippen LogP contribution is 2.32. The van der Waals surface area contributed by atoms with Crippen molar-refractivity contribution in [1.82, 2.24) is 18.9 Å². The van der Waals surface area contributed by atoms with Crippen LogP contribution in [0.1, 0.15) is 29.4 Å². The van der Waals surface area contributed by atoms with Crippen molar-refractivity contribution < 1.29 is 13.2 Å². The second kappa shape index (κ2) is 7.93. The van der Waals surface area contributed by atoms with E-state index in [1.54, 1.807) is 10.7 Å². The van der Waals surface area contributed by atoms with Crippen LogP contribution in [0, 0.1) is 12.8 Å². The fourth-order valence-corrected chi connectivity index (χ4v) is 4.95. The number of hydrogen-bond donors (Lipinski definition) is 2. The number of aromatic nitrogens is 3. The van der Waals surface area contributed by atoms with Gasteiger partial charge in [-0.3, -0.25) is 9.78 Å². The average Bonchev–Trinajstić information content (AvgIpc) is 3.32. The minimum Gasteiger partial charge on any atom is -0.378 e. The second-order valence-electron chi connectivity index (χ2n) is 8.04. The van der Waals surface area contributed by atoms with Gasteiger partial charge in [0.15, 0.2) is 0 Å². The molecule has 9 nitrogen and oxygen atoms in total. The Morgan fingerprint density at radius 2 is 2.03 bits per heavy atom. The van der Waals surface area contributed by atoms with Crippen LogP contribution < -0.4 is 11.1 Å². The van der Waals surface area contributed by atoms with E-state index in [4.69, 9.17) is 5.73 Å². The smallest absolute Gasteiger partial charge is 0.252 e. The maximum atomic E-state index is 12.1. The molecule has 0 bridgehead atoms. The Kier molecular flexibility index (Phi) is 5.44. The molecule has 4 heterocycles. The number of nitrogens with one attached hydrogen (secondary N) is 1. The Balaban J connectivity index is 1.77. The topological polar surface area (TPSA) is 123 Å². The molecule has 3 N–H and O–H groups in total. The zero-order valence-corrected chi connectivity index (χ0v) is 18.6. The molecule has 0 saturated carbocycles. The van der Waals surface area contributed by atoms with Crippen LogP contribution in [0.25, 0.3) is 16.6 Å². The van der Waals surface area contributed by atoms with E-state index in [2.05, 4.69) is 15.4 Å². The first-order chi connectivity index (χ1) is 14.7. The van der Waals surface area contributed by atoms with Gasteiger partial charge in [-0.15, -0.1) is 0 Å². The molecule has 164 valence electrons. The van der Waals surface area contributed by atoms with Gasteiger partial charge in [-0.05, 0) is 25.0 Å². The van der Waals surface area contributed by atoms with E-state index < -0.39 is 15.9 Å². The molecule has 0 aromatic carbocycles. The van der Waals surface area contributed by atoms with Gasteiger partial charge in [0.25, 0.3) is 5.91 Å². The first-order valence-electron chi connectivity index (χ1n) is 10.1. The lowest BCUT2D eigenvalue weighted by Gasteiger charge is -2.21. The van der Waals surface area contributed by atoms with E-state index in [0.29, 0.717) is 24.3 Å². The number of carbonyl (C=O) groups is 1. The van der Waals surface area contributed by atoms with Crippen molar-refractivity contribution >= 4 is 27.1 Å². The number of sulfonamides is 1. The molecule has 1 aliphatic heterocycles. The zero-order chi connectivity index (χ0) is 22.3. The van der Waals surface area contributed by atoms with E-state index >= 15 is 0 Å². The Morgan fingerprint density at radius 1 is 1.26 bits per heavy atom. The second-order valence-corrected chi connectivity index (χ2v) is 10.0. The summed E-state index contributed by atoms with van der Waals surface area (Å²) in [6.07, 6.45) is 7.13. The lowest BCUT2D eigenvalue weighted by molar-refractivity contribution is 0.100. The van der Waals surface area contributed by atoms with Gasteiger partial charge in [-0.1, -0.05) is 19.4 Å². The monoisotopic (exact) mass is 442 g/mol. The summed E-state index contributed by atoms with van der Waals surface area (Å²) < 4.78 is 27.3.